The second kappa shape index (κ2) is 5.28. The number of nitrogens with zero attached hydrogens (tertiary/aromatic N) is 1. The summed E-state index contributed by atoms with van der Waals surface area (Å²) < 4.78 is 1.16. The quantitative estimate of drug-likeness (QED) is 0.772. The van der Waals surface area contributed by atoms with Crippen LogP contribution in [-0.4, -0.2) is 4.98 Å². The number of hydrogen-bond donors (Lipinski definition) is 2. The summed E-state index contributed by atoms with van der Waals surface area (Å²) in [4.78, 5) is 5.67. The van der Waals surface area contributed by atoms with Gasteiger partial charge >= 0.3 is 0 Å². The minimum absolute atomic E-state index is 0.634. The molecule has 19 heavy (non-hydrogen) atoms. The van der Waals surface area contributed by atoms with Gasteiger partial charge in [0.1, 0.15) is 0 Å². The van der Waals surface area contributed by atoms with Gasteiger partial charge in [0, 0.05) is 18.0 Å². The number of hydrogen-bond acceptors (Lipinski definition) is 5. The maximum absolute atomic E-state index is 5.71. The van der Waals surface area contributed by atoms with Crippen molar-refractivity contribution in [2.45, 2.75) is 20.0 Å². The summed E-state index contributed by atoms with van der Waals surface area (Å²) in [6.45, 7) is 3.94. The molecular formula is C14H15N3S2. The number of aryl methyl sites for hydroxylation is 1. The third-order valence-corrected chi connectivity index (χ3v) is 4.92. The Morgan fingerprint density at radius 1 is 1.26 bits per heavy atom. The van der Waals surface area contributed by atoms with Gasteiger partial charge < -0.3 is 11.1 Å². The van der Waals surface area contributed by atoms with Gasteiger partial charge in [-0.2, -0.15) is 0 Å². The molecule has 0 amide bonds. The number of thiazole rings is 1. The Morgan fingerprint density at radius 2 is 2.16 bits per heavy atom. The summed E-state index contributed by atoms with van der Waals surface area (Å²) in [6.07, 6.45) is 0. The number of nitrogens with two attached hydrogens (primary N) is 1. The first kappa shape index (κ1) is 12.6. The summed E-state index contributed by atoms with van der Waals surface area (Å²) in [5.41, 5.74) is 9.33. The Bertz CT molecular complexity index is 700. The number of nitrogens with one attached hydrogen (secondary N) is 1. The molecule has 0 fully saturated rings. The van der Waals surface area contributed by atoms with E-state index in [1.54, 1.807) is 22.7 Å². The molecular weight excluding hydrogens is 274 g/mol. The van der Waals surface area contributed by atoms with Gasteiger partial charge in [0.15, 0.2) is 5.13 Å². The van der Waals surface area contributed by atoms with E-state index in [2.05, 4.69) is 40.8 Å². The van der Waals surface area contributed by atoms with E-state index in [1.807, 2.05) is 6.07 Å². The topological polar surface area (TPSA) is 50.9 Å². The van der Waals surface area contributed by atoms with E-state index in [4.69, 9.17) is 5.73 Å². The third kappa shape index (κ3) is 2.78. The van der Waals surface area contributed by atoms with Gasteiger partial charge in [-0.15, -0.1) is 11.3 Å². The van der Waals surface area contributed by atoms with Crippen molar-refractivity contribution in [3.63, 3.8) is 0 Å². The number of fused-ring (bicyclic) bond motifs is 1. The average molecular weight is 289 g/mol. The van der Waals surface area contributed by atoms with Gasteiger partial charge in [-0.05, 0) is 41.6 Å². The van der Waals surface area contributed by atoms with Crippen molar-refractivity contribution < 1.29 is 0 Å². The van der Waals surface area contributed by atoms with Crippen LogP contribution in [0.5, 0.6) is 0 Å². The lowest BCUT2D eigenvalue weighted by atomic mass is 10.2. The smallest absolute Gasteiger partial charge is 0.181 e. The van der Waals surface area contributed by atoms with Crippen LogP contribution in [0.15, 0.2) is 29.6 Å². The van der Waals surface area contributed by atoms with Crippen LogP contribution in [0.3, 0.4) is 0 Å². The molecule has 0 radical (unpaired) electrons. The molecule has 3 N–H and O–H groups in total. The van der Waals surface area contributed by atoms with E-state index in [0.29, 0.717) is 5.13 Å². The van der Waals surface area contributed by atoms with Crippen LogP contribution in [0.4, 0.5) is 5.13 Å². The van der Waals surface area contributed by atoms with Crippen LogP contribution in [0.25, 0.3) is 10.2 Å². The minimum atomic E-state index is 0.634. The molecule has 0 bridgehead atoms. The van der Waals surface area contributed by atoms with Crippen molar-refractivity contribution in [1.82, 2.24) is 10.3 Å². The SMILES string of the molecule is Cc1ccsc1CNCc1ccc2nc(N)sc2c1. The van der Waals surface area contributed by atoms with Crippen LogP contribution in [0, 0.1) is 6.92 Å². The lowest BCUT2D eigenvalue weighted by Gasteiger charge is -2.04. The largest absolute Gasteiger partial charge is 0.375 e. The number of nitrogen functional groups attached to an aromatic ring is 1. The zero-order chi connectivity index (χ0) is 13.2. The highest BCUT2D eigenvalue weighted by Gasteiger charge is 2.03. The fraction of sp³-hybridized carbons (Fsp3) is 0.214. The van der Waals surface area contributed by atoms with E-state index in [9.17, 15) is 0 Å². The van der Waals surface area contributed by atoms with Gasteiger partial charge in [0.05, 0.1) is 10.2 Å². The first-order valence-electron chi connectivity index (χ1n) is 6.11. The Balaban J connectivity index is 1.66. The van der Waals surface area contributed by atoms with E-state index < -0.39 is 0 Å². The molecule has 3 nitrogen and oxygen atoms in total. The zero-order valence-corrected chi connectivity index (χ0v) is 12.3. The van der Waals surface area contributed by atoms with Gasteiger partial charge in [0.25, 0.3) is 0 Å². The van der Waals surface area contributed by atoms with Crippen molar-refractivity contribution in [1.29, 1.82) is 0 Å². The molecule has 0 spiro atoms. The van der Waals surface area contributed by atoms with E-state index in [0.717, 1.165) is 23.3 Å². The first-order valence-corrected chi connectivity index (χ1v) is 7.80. The second-order valence-corrected chi connectivity index (χ2v) is 6.55. The normalized spacial score (nSPS) is 11.2. The lowest BCUT2D eigenvalue weighted by molar-refractivity contribution is 0.699. The Labute approximate surface area is 120 Å². The molecule has 5 heteroatoms. The van der Waals surface area contributed by atoms with Crippen molar-refractivity contribution in [3.05, 3.63) is 45.6 Å². The van der Waals surface area contributed by atoms with E-state index >= 15 is 0 Å². The number of thiophene rings is 1. The van der Waals surface area contributed by atoms with Crippen LogP contribution in [-0.2, 0) is 13.1 Å². The third-order valence-electron chi connectivity index (χ3n) is 3.05. The molecule has 0 saturated carbocycles. The van der Waals surface area contributed by atoms with E-state index in [1.165, 1.54) is 16.0 Å². The molecule has 0 unspecified atom stereocenters. The van der Waals surface area contributed by atoms with Crippen molar-refractivity contribution >= 4 is 38.0 Å². The fourth-order valence-electron chi connectivity index (χ4n) is 2.00. The van der Waals surface area contributed by atoms with Gasteiger partial charge in [-0.3, -0.25) is 0 Å². The molecule has 0 aliphatic heterocycles. The molecule has 3 rings (SSSR count). The Kier molecular flexibility index (Phi) is 3.50. The molecule has 0 saturated heterocycles. The fourth-order valence-corrected chi connectivity index (χ4v) is 3.68. The predicted molar refractivity (Wildman–Crippen MR) is 83.6 cm³/mol. The van der Waals surface area contributed by atoms with Crippen molar-refractivity contribution in [2.24, 2.45) is 0 Å². The van der Waals surface area contributed by atoms with Gasteiger partial charge in [-0.25, -0.2) is 4.98 Å². The van der Waals surface area contributed by atoms with Crippen LogP contribution < -0.4 is 11.1 Å². The Hall–Kier alpha value is -1.43. The molecule has 0 aliphatic carbocycles. The highest BCUT2D eigenvalue weighted by Crippen LogP contribution is 2.24. The van der Waals surface area contributed by atoms with Crippen LogP contribution in [0.1, 0.15) is 16.0 Å². The molecule has 98 valence electrons. The number of rotatable bonds is 4. The van der Waals surface area contributed by atoms with Crippen LogP contribution >= 0.6 is 22.7 Å². The molecule has 3 aromatic rings. The number of anilines is 1. The monoisotopic (exact) mass is 289 g/mol. The summed E-state index contributed by atoms with van der Waals surface area (Å²) in [7, 11) is 0. The van der Waals surface area contributed by atoms with Crippen molar-refractivity contribution in [3.8, 4) is 0 Å². The van der Waals surface area contributed by atoms with Gasteiger partial charge in [0.2, 0.25) is 0 Å². The summed E-state index contributed by atoms with van der Waals surface area (Å²) in [6, 6.07) is 8.47. The molecule has 0 atom stereocenters. The minimum Gasteiger partial charge on any atom is -0.375 e. The van der Waals surface area contributed by atoms with Crippen LogP contribution in [0.2, 0.25) is 0 Å². The zero-order valence-electron chi connectivity index (χ0n) is 10.6. The first-order chi connectivity index (χ1) is 9.22. The summed E-state index contributed by atoms with van der Waals surface area (Å²) in [5, 5.41) is 6.25. The molecule has 2 heterocycles. The number of aromatic nitrogens is 1. The van der Waals surface area contributed by atoms with E-state index in [-0.39, 0.29) is 0 Å². The standard InChI is InChI=1S/C14H15N3S2/c1-9-4-5-18-13(9)8-16-7-10-2-3-11-12(6-10)19-14(15)17-11/h2-6,16H,7-8H2,1H3,(H2,15,17). The number of benzene rings is 1. The lowest BCUT2D eigenvalue weighted by Crippen LogP contribution is -2.12. The molecule has 1 aromatic carbocycles. The maximum Gasteiger partial charge on any atom is 0.181 e. The molecule has 2 aromatic heterocycles. The highest BCUT2D eigenvalue weighted by molar-refractivity contribution is 7.22. The summed E-state index contributed by atoms with van der Waals surface area (Å²) in [5.74, 6) is 0. The Morgan fingerprint density at radius 3 is 2.95 bits per heavy atom. The molecule has 0 aliphatic rings. The van der Waals surface area contributed by atoms with Crippen molar-refractivity contribution in [2.75, 3.05) is 5.73 Å². The summed E-state index contributed by atoms with van der Waals surface area (Å²) >= 11 is 3.34. The highest BCUT2D eigenvalue weighted by atomic mass is 32.1. The average Bonchev–Trinajstić information content (AvgIpc) is 2.94. The predicted octanol–water partition coefficient (Wildman–Crippen LogP) is 3.54. The second-order valence-electron chi connectivity index (χ2n) is 4.48. The maximum atomic E-state index is 5.71. The van der Waals surface area contributed by atoms with Gasteiger partial charge in [-0.1, -0.05) is 17.4 Å².